The van der Waals surface area contributed by atoms with Crippen LogP contribution in [0.2, 0.25) is 0 Å². The Bertz CT molecular complexity index is 928. The number of thiocarbonyl (C=S) groups is 1. The van der Waals surface area contributed by atoms with Gasteiger partial charge in [0.2, 0.25) is 0 Å². The van der Waals surface area contributed by atoms with Crippen LogP contribution in [0.15, 0.2) is 54.7 Å². The van der Waals surface area contributed by atoms with Crippen molar-refractivity contribution in [2.75, 3.05) is 5.32 Å². The lowest BCUT2D eigenvalue weighted by atomic mass is 10.1. The van der Waals surface area contributed by atoms with Crippen molar-refractivity contribution in [2.45, 2.75) is 53.2 Å². The van der Waals surface area contributed by atoms with Crippen LogP contribution in [-0.4, -0.2) is 20.6 Å². The van der Waals surface area contributed by atoms with Gasteiger partial charge in [0.05, 0.1) is 0 Å². The fourth-order valence-corrected chi connectivity index (χ4v) is 3.80. The van der Waals surface area contributed by atoms with Crippen LogP contribution in [0, 0.1) is 6.92 Å². The predicted molar refractivity (Wildman–Crippen MR) is 120 cm³/mol. The van der Waals surface area contributed by atoms with E-state index in [0.717, 1.165) is 30.3 Å². The molecule has 0 aliphatic heterocycles. The van der Waals surface area contributed by atoms with Crippen molar-refractivity contribution in [3.8, 4) is 0 Å². The highest BCUT2D eigenvalue weighted by molar-refractivity contribution is 7.80. The van der Waals surface area contributed by atoms with Crippen molar-refractivity contribution < 1.29 is 0 Å². The summed E-state index contributed by atoms with van der Waals surface area (Å²) < 4.78 is 2.32. The highest BCUT2D eigenvalue weighted by atomic mass is 32.1. The van der Waals surface area contributed by atoms with Crippen LogP contribution in [-0.2, 0) is 13.1 Å². The molecule has 0 aliphatic carbocycles. The number of fused-ring (bicyclic) bond motifs is 1. The normalized spacial score (nSPS) is 12.1. The third-order valence-electron chi connectivity index (χ3n) is 5.32. The van der Waals surface area contributed by atoms with E-state index in [9.17, 15) is 0 Å². The first-order chi connectivity index (χ1) is 13.0. The zero-order valence-electron chi connectivity index (χ0n) is 16.7. The van der Waals surface area contributed by atoms with E-state index in [0.29, 0.717) is 6.04 Å². The lowest BCUT2D eigenvalue weighted by molar-refractivity contribution is 0.320. The van der Waals surface area contributed by atoms with Gasteiger partial charge in [0.15, 0.2) is 5.11 Å². The Morgan fingerprint density at radius 1 is 1.11 bits per heavy atom. The number of nitrogens with zero attached hydrogens (tertiary/aromatic N) is 2. The molecule has 0 saturated heterocycles. The lowest BCUT2D eigenvalue weighted by Crippen LogP contribution is -2.40. The number of aromatic nitrogens is 1. The van der Waals surface area contributed by atoms with Crippen molar-refractivity contribution in [3.63, 3.8) is 0 Å². The molecule has 0 saturated carbocycles. The number of para-hydroxylation sites is 2. The number of benzene rings is 2. The molecule has 2 aromatic carbocycles. The van der Waals surface area contributed by atoms with Gasteiger partial charge in [-0.3, -0.25) is 0 Å². The van der Waals surface area contributed by atoms with Crippen molar-refractivity contribution in [1.29, 1.82) is 0 Å². The summed E-state index contributed by atoms with van der Waals surface area (Å²) in [6.45, 7) is 10.5. The van der Waals surface area contributed by atoms with Crippen LogP contribution in [0.1, 0.15) is 38.3 Å². The molecule has 0 spiro atoms. The minimum atomic E-state index is 0.359. The van der Waals surface area contributed by atoms with Gasteiger partial charge in [-0.2, -0.15) is 0 Å². The fraction of sp³-hybridized carbons (Fsp3) is 0.348. The summed E-state index contributed by atoms with van der Waals surface area (Å²) in [4.78, 5) is 2.31. The second-order valence-corrected chi connectivity index (χ2v) is 7.47. The van der Waals surface area contributed by atoms with Crippen molar-refractivity contribution >= 4 is 33.9 Å². The predicted octanol–water partition coefficient (Wildman–Crippen LogP) is 5.97. The third kappa shape index (κ3) is 4.16. The first kappa shape index (κ1) is 19.4. The Labute approximate surface area is 168 Å². The number of hydrogen-bond donors (Lipinski definition) is 1. The molecule has 0 aliphatic rings. The zero-order valence-corrected chi connectivity index (χ0v) is 17.5. The van der Waals surface area contributed by atoms with E-state index in [1.54, 1.807) is 0 Å². The van der Waals surface area contributed by atoms with Crippen molar-refractivity contribution in [2.24, 2.45) is 0 Å². The largest absolute Gasteiger partial charge is 0.347 e. The Balaban J connectivity index is 1.90. The second kappa shape index (κ2) is 8.57. The van der Waals surface area contributed by atoms with E-state index >= 15 is 0 Å². The van der Waals surface area contributed by atoms with Crippen LogP contribution in [0.3, 0.4) is 0 Å². The molecule has 0 fully saturated rings. The van der Waals surface area contributed by atoms with Gasteiger partial charge in [-0.15, -0.1) is 0 Å². The maximum Gasteiger partial charge on any atom is 0.173 e. The van der Waals surface area contributed by atoms with E-state index in [-0.39, 0.29) is 0 Å². The third-order valence-corrected chi connectivity index (χ3v) is 5.66. The molecular formula is C23H29N3S. The average molecular weight is 380 g/mol. The van der Waals surface area contributed by atoms with E-state index in [2.05, 4.69) is 91.1 Å². The Morgan fingerprint density at radius 3 is 2.52 bits per heavy atom. The summed E-state index contributed by atoms with van der Waals surface area (Å²) in [6, 6.07) is 17.3. The summed E-state index contributed by atoms with van der Waals surface area (Å²) in [5, 5.41) is 5.56. The SMILES string of the molecule is CC[C@@H](C)N(Cc1cn(CC)c2ccccc12)C(=S)Nc1ccccc1C. The van der Waals surface area contributed by atoms with Gasteiger partial charge in [-0.05, 0) is 62.7 Å². The molecule has 0 bridgehead atoms. The fourth-order valence-electron chi connectivity index (χ4n) is 3.44. The quantitative estimate of drug-likeness (QED) is 0.533. The molecule has 3 aromatic rings. The molecular weight excluding hydrogens is 350 g/mol. The summed E-state index contributed by atoms with van der Waals surface area (Å²) >= 11 is 5.82. The number of aryl methyl sites for hydroxylation is 2. The first-order valence-corrected chi connectivity index (χ1v) is 10.2. The minimum absolute atomic E-state index is 0.359. The number of rotatable bonds is 6. The van der Waals surface area contributed by atoms with Crippen LogP contribution in [0.25, 0.3) is 10.9 Å². The molecule has 0 amide bonds. The Morgan fingerprint density at radius 2 is 1.81 bits per heavy atom. The second-order valence-electron chi connectivity index (χ2n) is 7.09. The van der Waals surface area contributed by atoms with Crippen LogP contribution >= 0.6 is 12.2 Å². The topological polar surface area (TPSA) is 20.2 Å². The molecule has 1 atom stereocenters. The van der Waals surface area contributed by atoms with Gasteiger partial charge in [0.1, 0.15) is 0 Å². The van der Waals surface area contributed by atoms with Gasteiger partial charge in [0, 0.05) is 41.9 Å². The van der Waals surface area contributed by atoms with E-state index < -0.39 is 0 Å². The maximum absolute atomic E-state index is 5.82. The van der Waals surface area contributed by atoms with Crippen molar-refractivity contribution in [1.82, 2.24) is 9.47 Å². The molecule has 27 heavy (non-hydrogen) atoms. The molecule has 3 rings (SSSR count). The maximum atomic E-state index is 5.82. The monoisotopic (exact) mass is 379 g/mol. The summed E-state index contributed by atoms with van der Waals surface area (Å²) in [7, 11) is 0. The molecule has 1 aromatic heterocycles. The van der Waals surface area contributed by atoms with Gasteiger partial charge >= 0.3 is 0 Å². The van der Waals surface area contributed by atoms with Gasteiger partial charge in [-0.1, -0.05) is 43.3 Å². The average Bonchev–Trinajstić information content (AvgIpc) is 3.05. The molecule has 1 heterocycles. The summed E-state index contributed by atoms with van der Waals surface area (Å²) in [6.07, 6.45) is 3.32. The standard InChI is InChI=1S/C23H29N3S/c1-5-18(4)26(23(27)24-21-13-9-7-11-17(21)3)16-19-15-25(6-2)22-14-10-8-12-20(19)22/h7-15,18H,5-6,16H2,1-4H3,(H,24,27)/t18-/m1/s1. The van der Waals surface area contributed by atoms with E-state index in [1.807, 2.05) is 6.07 Å². The molecule has 0 unspecified atom stereocenters. The summed E-state index contributed by atoms with van der Waals surface area (Å²) in [5.74, 6) is 0. The number of nitrogens with one attached hydrogen (secondary N) is 1. The molecule has 4 heteroatoms. The van der Waals surface area contributed by atoms with Gasteiger partial charge in [-0.25, -0.2) is 0 Å². The molecule has 0 radical (unpaired) electrons. The van der Waals surface area contributed by atoms with Crippen molar-refractivity contribution in [3.05, 3.63) is 65.9 Å². The van der Waals surface area contributed by atoms with E-state index in [1.165, 1.54) is 22.0 Å². The van der Waals surface area contributed by atoms with Crippen LogP contribution in [0.5, 0.6) is 0 Å². The lowest BCUT2D eigenvalue weighted by Gasteiger charge is -2.31. The zero-order chi connectivity index (χ0) is 19.4. The molecule has 3 nitrogen and oxygen atoms in total. The number of anilines is 1. The van der Waals surface area contributed by atoms with Crippen LogP contribution < -0.4 is 5.32 Å². The molecule has 142 valence electrons. The smallest absolute Gasteiger partial charge is 0.173 e. The Kier molecular flexibility index (Phi) is 6.17. The summed E-state index contributed by atoms with van der Waals surface area (Å²) in [5.41, 5.74) is 4.89. The van der Waals surface area contributed by atoms with Crippen LogP contribution in [0.4, 0.5) is 5.69 Å². The molecule has 1 N–H and O–H groups in total. The first-order valence-electron chi connectivity index (χ1n) is 9.75. The highest BCUT2D eigenvalue weighted by Crippen LogP contribution is 2.24. The number of hydrogen-bond acceptors (Lipinski definition) is 1. The van der Waals surface area contributed by atoms with Gasteiger partial charge < -0.3 is 14.8 Å². The van der Waals surface area contributed by atoms with Gasteiger partial charge in [0.25, 0.3) is 0 Å². The minimum Gasteiger partial charge on any atom is -0.347 e. The highest BCUT2D eigenvalue weighted by Gasteiger charge is 2.19. The van der Waals surface area contributed by atoms with E-state index in [4.69, 9.17) is 12.2 Å². The Hall–Kier alpha value is -2.33.